The normalized spacial score (nSPS) is 11.2. The Bertz CT molecular complexity index is 916. The quantitative estimate of drug-likeness (QED) is 0.381. The Morgan fingerprint density at radius 2 is 1.42 bits per heavy atom. The molecule has 0 aliphatic heterocycles. The van der Waals surface area contributed by atoms with Crippen LogP contribution in [0, 0.1) is 13.8 Å². The molecule has 3 aromatic carbocycles. The molecule has 0 fully saturated rings. The SMILES string of the molecule is Cc1cccc(C(=S)c2ccccc2[P+](=O)c2ccccc2)c1C. The van der Waals surface area contributed by atoms with Gasteiger partial charge in [-0.05, 0) is 54.8 Å². The number of hydrogen-bond acceptors (Lipinski definition) is 2. The van der Waals surface area contributed by atoms with Crippen LogP contribution >= 0.6 is 20.0 Å². The van der Waals surface area contributed by atoms with Gasteiger partial charge in [0.05, 0.1) is 4.86 Å². The summed E-state index contributed by atoms with van der Waals surface area (Å²) >= 11 is 5.76. The van der Waals surface area contributed by atoms with Crippen LogP contribution in [0.3, 0.4) is 0 Å². The van der Waals surface area contributed by atoms with E-state index in [1.165, 1.54) is 11.1 Å². The van der Waals surface area contributed by atoms with Gasteiger partial charge in [-0.1, -0.05) is 65.3 Å². The molecule has 0 heterocycles. The van der Waals surface area contributed by atoms with Crippen LogP contribution in [-0.4, -0.2) is 4.86 Å². The molecule has 0 aliphatic carbocycles. The number of hydrogen-bond donors (Lipinski definition) is 0. The lowest BCUT2D eigenvalue weighted by Crippen LogP contribution is -2.16. The Kier molecular flexibility index (Phi) is 4.99. The minimum absolute atomic E-state index is 0.756. The van der Waals surface area contributed by atoms with Gasteiger partial charge in [-0.2, -0.15) is 0 Å². The second-order valence-corrected chi connectivity index (χ2v) is 7.72. The van der Waals surface area contributed by atoms with Gasteiger partial charge in [-0.15, -0.1) is 0 Å². The lowest BCUT2D eigenvalue weighted by atomic mass is 9.97. The van der Waals surface area contributed by atoms with Gasteiger partial charge in [-0.3, -0.25) is 0 Å². The average Bonchev–Trinajstić information content (AvgIpc) is 2.63. The summed E-state index contributed by atoms with van der Waals surface area (Å²) in [6, 6.07) is 23.4. The smallest absolute Gasteiger partial charge is 0.0786 e. The van der Waals surface area contributed by atoms with Crippen molar-refractivity contribution in [2.45, 2.75) is 13.8 Å². The molecule has 0 saturated heterocycles. The number of rotatable bonds is 4. The van der Waals surface area contributed by atoms with Crippen molar-refractivity contribution in [3.8, 4) is 0 Å². The van der Waals surface area contributed by atoms with Crippen LogP contribution in [0.1, 0.15) is 22.3 Å². The van der Waals surface area contributed by atoms with Crippen molar-refractivity contribution in [2.75, 3.05) is 0 Å². The largest absolute Gasteiger partial charge is 0.415 e. The first-order valence-corrected chi connectivity index (χ1v) is 9.48. The van der Waals surface area contributed by atoms with Gasteiger partial charge in [0.15, 0.2) is 5.30 Å². The molecule has 0 saturated carbocycles. The van der Waals surface area contributed by atoms with Crippen LogP contribution in [0.15, 0.2) is 72.8 Å². The summed E-state index contributed by atoms with van der Waals surface area (Å²) in [5.74, 6) is 0. The summed E-state index contributed by atoms with van der Waals surface area (Å²) in [6.45, 7) is 4.16. The van der Waals surface area contributed by atoms with Gasteiger partial charge in [0, 0.05) is 5.56 Å². The van der Waals surface area contributed by atoms with Crippen LogP contribution in [0.5, 0.6) is 0 Å². The van der Waals surface area contributed by atoms with E-state index in [-0.39, 0.29) is 0 Å². The van der Waals surface area contributed by atoms with E-state index in [4.69, 9.17) is 12.2 Å². The number of aryl methyl sites for hydroxylation is 1. The van der Waals surface area contributed by atoms with E-state index in [1.807, 2.05) is 66.7 Å². The molecule has 0 N–H and O–H groups in total. The highest BCUT2D eigenvalue weighted by Crippen LogP contribution is 2.25. The summed E-state index contributed by atoms with van der Waals surface area (Å²) in [5, 5.41) is 1.62. The maximum absolute atomic E-state index is 13.0. The first-order chi connectivity index (χ1) is 11.6. The number of thiocarbonyl (C=S) groups is 1. The van der Waals surface area contributed by atoms with Gasteiger partial charge >= 0.3 is 7.80 Å². The Morgan fingerprint density at radius 1 is 0.792 bits per heavy atom. The van der Waals surface area contributed by atoms with Crippen molar-refractivity contribution in [1.29, 1.82) is 0 Å². The zero-order valence-electron chi connectivity index (χ0n) is 13.7. The molecular formula is C21H18OPS+. The molecule has 24 heavy (non-hydrogen) atoms. The molecule has 0 spiro atoms. The molecule has 0 radical (unpaired) electrons. The van der Waals surface area contributed by atoms with E-state index >= 15 is 0 Å². The van der Waals surface area contributed by atoms with Crippen molar-refractivity contribution in [2.24, 2.45) is 0 Å². The van der Waals surface area contributed by atoms with Crippen LogP contribution in [-0.2, 0) is 4.57 Å². The summed E-state index contributed by atoms with van der Waals surface area (Å²) in [5.41, 5.74) is 4.30. The predicted octanol–water partition coefficient (Wildman–Crippen LogP) is 4.85. The van der Waals surface area contributed by atoms with Gasteiger partial charge < -0.3 is 0 Å². The summed E-state index contributed by atoms with van der Waals surface area (Å²) in [4.78, 5) is 0.756. The molecular weight excluding hydrogens is 331 g/mol. The molecule has 3 rings (SSSR count). The van der Waals surface area contributed by atoms with Crippen molar-refractivity contribution < 1.29 is 4.57 Å². The molecule has 0 bridgehead atoms. The van der Waals surface area contributed by atoms with Crippen LogP contribution in [0.25, 0.3) is 0 Å². The molecule has 0 aromatic heterocycles. The fourth-order valence-corrected chi connectivity index (χ4v) is 4.51. The second-order valence-electron chi connectivity index (χ2n) is 5.72. The third kappa shape index (κ3) is 3.21. The van der Waals surface area contributed by atoms with E-state index in [0.29, 0.717) is 0 Å². The molecule has 1 unspecified atom stereocenters. The summed E-state index contributed by atoms with van der Waals surface area (Å²) < 4.78 is 13.0. The van der Waals surface area contributed by atoms with Crippen molar-refractivity contribution in [1.82, 2.24) is 0 Å². The first kappa shape index (κ1) is 16.7. The van der Waals surface area contributed by atoms with E-state index in [0.717, 1.165) is 26.6 Å². The Labute approximate surface area is 149 Å². The average molecular weight is 349 g/mol. The van der Waals surface area contributed by atoms with Crippen molar-refractivity contribution >= 4 is 35.5 Å². The third-order valence-corrected chi connectivity index (χ3v) is 6.24. The van der Waals surface area contributed by atoms with E-state index < -0.39 is 7.80 Å². The van der Waals surface area contributed by atoms with Gasteiger partial charge in [0.25, 0.3) is 0 Å². The Morgan fingerprint density at radius 3 is 2.17 bits per heavy atom. The molecule has 1 atom stereocenters. The van der Waals surface area contributed by atoms with Gasteiger partial charge in [0.1, 0.15) is 0 Å². The van der Waals surface area contributed by atoms with E-state index in [1.54, 1.807) is 0 Å². The highest BCUT2D eigenvalue weighted by Gasteiger charge is 2.28. The third-order valence-electron chi connectivity index (χ3n) is 4.21. The molecule has 3 aromatic rings. The fraction of sp³-hybridized carbons (Fsp3) is 0.0952. The molecule has 3 heteroatoms. The van der Waals surface area contributed by atoms with E-state index in [9.17, 15) is 4.57 Å². The fourth-order valence-electron chi connectivity index (χ4n) is 2.69. The van der Waals surface area contributed by atoms with Gasteiger partial charge in [-0.25, -0.2) is 0 Å². The maximum atomic E-state index is 13.0. The Hall–Kier alpha value is -2.15. The van der Waals surface area contributed by atoms with Crippen molar-refractivity contribution in [3.63, 3.8) is 0 Å². The lowest BCUT2D eigenvalue weighted by Gasteiger charge is -2.10. The Balaban J connectivity index is 2.08. The lowest BCUT2D eigenvalue weighted by molar-refractivity contribution is 0.598. The standard InChI is InChI=1S/C21H18OPS/c1-15-9-8-13-18(16(15)2)21(24)19-12-6-7-14-20(19)23(22)17-10-4-3-5-11-17/h3-14H,1-2H3/q+1. The topological polar surface area (TPSA) is 17.1 Å². The highest BCUT2D eigenvalue weighted by molar-refractivity contribution is 7.81. The molecule has 1 nitrogen and oxygen atoms in total. The minimum atomic E-state index is -1.67. The first-order valence-electron chi connectivity index (χ1n) is 7.82. The summed E-state index contributed by atoms with van der Waals surface area (Å²) in [6.07, 6.45) is 0. The monoisotopic (exact) mass is 349 g/mol. The second kappa shape index (κ2) is 7.17. The van der Waals surface area contributed by atoms with Crippen LogP contribution in [0.4, 0.5) is 0 Å². The molecule has 0 aliphatic rings. The number of benzene rings is 3. The zero-order valence-corrected chi connectivity index (χ0v) is 15.4. The highest BCUT2D eigenvalue weighted by atomic mass is 32.1. The molecule has 118 valence electrons. The van der Waals surface area contributed by atoms with E-state index in [2.05, 4.69) is 19.9 Å². The zero-order chi connectivity index (χ0) is 17.1. The van der Waals surface area contributed by atoms with Crippen molar-refractivity contribution in [3.05, 3.63) is 95.1 Å². The molecule has 0 amide bonds. The van der Waals surface area contributed by atoms with Gasteiger partial charge in [0.2, 0.25) is 5.30 Å². The predicted molar refractivity (Wildman–Crippen MR) is 106 cm³/mol. The minimum Gasteiger partial charge on any atom is -0.0786 e. The maximum Gasteiger partial charge on any atom is 0.415 e. The van der Waals surface area contributed by atoms with Crippen LogP contribution < -0.4 is 10.6 Å². The van der Waals surface area contributed by atoms with Crippen LogP contribution in [0.2, 0.25) is 0 Å². The summed E-state index contributed by atoms with van der Waals surface area (Å²) in [7, 11) is -1.67.